The molecule has 6 heteroatoms. The number of hydrogen-bond donors (Lipinski definition) is 1. The van der Waals surface area contributed by atoms with Gasteiger partial charge in [-0.2, -0.15) is 0 Å². The zero-order valence-corrected chi connectivity index (χ0v) is 15.5. The van der Waals surface area contributed by atoms with Gasteiger partial charge in [0.15, 0.2) is 10.9 Å². The molecule has 0 aliphatic carbocycles. The number of thiocarbonyl (C=S) groups is 1. The average molecular weight is 383 g/mol. The van der Waals surface area contributed by atoms with E-state index in [1.807, 2.05) is 44.0 Å². The number of benzene rings is 1. The molecule has 0 saturated heterocycles. The van der Waals surface area contributed by atoms with Crippen molar-refractivity contribution in [2.24, 2.45) is 0 Å². The number of Topliss-reactive ketones (excluding diaryl/α,β-unsaturated/α-hetero) is 1. The minimum absolute atomic E-state index is 0.0364. The monoisotopic (exact) mass is 382 g/mol. The molecule has 0 amide bonds. The summed E-state index contributed by atoms with van der Waals surface area (Å²) in [4.78, 5) is 13.9. The molecule has 2 rings (SSSR count). The van der Waals surface area contributed by atoms with Crippen LogP contribution in [0.4, 0.5) is 0 Å². The van der Waals surface area contributed by atoms with Crippen molar-refractivity contribution in [3.05, 3.63) is 39.5 Å². The van der Waals surface area contributed by atoms with E-state index in [1.54, 1.807) is 6.92 Å². The van der Waals surface area contributed by atoms with E-state index in [2.05, 4.69) is 21.2 Å². The van der Waals surface area contributed by atoms with Crippen molar-refractivity contribution >= 4 is 39.0 Å². The topological polar surface area (TPSA) is 41.6 Å². The highest BCUT2D eigenvalue weighted by molar-refractivity contribution is 9.10. The fourth-order valence-corrected chi connectivity index (χ4v) is 3.28. The SMILES string of the molecule is CCOc1ccc(C2NC(=S)N(C)C(C)=C2C(C)=O)cc1Br. The highest BCUT2D eigenvalue weighted by Gasteiger charge is 2.30. The van der Waals surface area contributed by atoms with Crippen LogP contribution in [0, 0.1) is 0 Å². The van der Waals surface area contributed by atoms with Gasteiger partial charge in [-0.1, -0.05) is 6.07 Å². The van der Waals surface area contributed by atoms with Gasteiger partial charge >= 0.3 is 0 Å². The predicted molar refractivity (Wildman–Crippen MR) is 94.9 cm³/mol. The first-order chi connectivity index (χ1) is 10.4. The first-order valence-electron chi connectivity index (χ1n) is 7.05. The number of allylic oxidation sites excluding steroid dienone is 1. The van der Waals surface area contributed by atoms with E-state index in [4.69, 9.17) is 17.0 Å². The number of halogens is 1. The Balaban J connectivity index is 2.48. The molecule has 1 N–H and O–H groups in total. The molecule has 0 bridgehead atoms. The highest BCUT2D eigenvalue weighted by Crippen LogP contribution is 2.34. The predicted octanol–water partition coefficient (Wildman–Crippen LogP) is 3.57. The Morgan fingerprint density at radius 3 is 2.73 bits per heavy atom. The van der Waals surface area contributed by atoms with Crippen molar-refractivity contribution in [2.45, 2.75) is 26.8 Å². The normalized spacial score (nSPS) is 18.3. The molecule has 22 heavy (non-hydrogen) atoms. The molecule has 0 spiro atoms. The van der Waals surface area contributed by atoms with Crippen molar-refractivity contribution in [1.82, 2.24) is 10.2 Å². The number of nitrogens with zero attached hydrogens (tertiary/aromatic N) is 1. The average Bonchev–Trinajstić information content (AvgIpc) is 2.46. The van der Waals surface area contributed by atoms with Gasteiger partial charge in [0.25, 0.3) is 0 Å². The number of ketones is 1. The zero-order valence-electron chi connectivity index (χ0n) is 13.1. The summed E-state index contributed by atoms with van der Waals surface area (Å²) in [5.41, 5.74) is 2.58. The molecule has 1 aromatic carbocycles. The van der Waals surface area contributed by atoms with Crippen LogP contribution in [0.2, 0.25) is 0 Å². The van der Waals surface area contributed by atoms with E-state index in [9.17, 15) is 4.79 Å². The summed E-state index contributed by atoms with van der Waals surface area (Å²) in [7, 11) is 1.86. The molecule has 0 fully saturated rings. The van der Waals surface area contributed by atoms with Crippen LogP contribution in [0.25, 0.3) is 0 Å². The van der Waals surface area contributed by atoms with Crippen molar-refractivity contribution in [3.8, 4) is 5.75 Å². The molecule has 0 aromatic heterocycles. The van der Waals surface area contributed by atoms with Crippen molar-refractivity contribution in [3.63, 3.8) is 0 Å². The molecule has 1 heterocycles. The Hall–Kier alpha value is -1.40. The van der Waals surface area contributed by atoms with Crippen LogP contribution in [-0.4, -0.2) is 29.5 Å². The van der Waals surface area contributed by atoms with E-state index in [-0.39, 0.29) is 11.8 Å². The summed E-state index contributed by atoms with van der Waals surface area (Å²) < 4.78 is 6.39. The lowest BCUT2D eigenvalue weighted by atomic mass is 9.92. The van der Waals surface area contributed by atoms with E-state index in [0.29, 0.717) is 11.7 Å². The Morgan fingerprint density at radius 1 is 1.50 bits per heavy atom. The first kappa shape index (κ1) is 17.0. The first-order valence-corrected chi connectivity index (χ1v) is 8.25. The zero-order chi connectivity index (χ0) is 16.4. The molecular weight excluding hydrogens is 364 g/mol. The molecule has 118 valence electrons. The molecule has 1 aromatic rings. The van der Waals surface area contributed by atoms with Gasteiger partial charge in [0.2, 0.25) is 0 Å². The third-order valence-electron chi connectivity index (χ3n) is 3.72. The fourth-order valence-electron chi connectivity index (χ4n) is 2.51. The van der Waals surface area contributed by atoms with Gasteiger partial charge in [-0.25, -0.2) is 0 Å². The molecule has 4 nitrogen and oxygen atoms in total. The quantitative estimate of drug-likeness (QED) is 0.806. The molecule has 1 atom stereocenters. The summed E-state index contributed by atoms with van der Waals surface area (Å²) in [6, 6.07) is 5.58. The highest BCUT2D eigenvalue weighted by atomic mass is 79.9. The summed E-state index contributed by atoms with van der Waals surface area (Å²) in [6.45, 7) is 6.04. The van der Waals surface area contributed by atoms with Crippen LogP contribution in [0.15, 0.2) is 33.9 Å². The lowest BCUT2D eigenvalue weighted by Crippen LogP contribution is -2.45. The summed E-state index contributed by atoms with van der Waals surface area (Å²) in [5, 5.41) is 3.85. The Bertz CT molecular complexity index is 658. The third kappa shape index (κ3) is 3.17. The largest absolute Gasteiger partial charge is 0.493 e. The second-order valence-corrected chi connectivity index (χ2v) is 6.36. The van der Waals surface area contributed by atoms with Gasteiger partial charge in [-0.3, -0.25) is 4.79 Å². The van der Waals surface area contributed by atoms with Gasteiger partial charge in [-0.15, -0.1) is 0 Å². The van der Waals surface area contributed by atoms with Crippen LogP contribution in [0.5, 0.6) is 5.75 Å². The Labute approximate surface area is 144 Å². The molecule has 1 unspecified atom stereocenters. The van der Waals surface area contributed by atoms with Gasteiger partial charge in [-0.05, 0) is 66.6 Å². The number of nitrogens with one attached hydrogen (secondary N) is 1. The van der Waals surface area contributed by atoms with Gasteiger partial charge in [0.1, 0.15) is 5.75 Å². The van der Waals surface area contributed by atoms with E-state index in [1.165, 1.54) is 0 Å². The van der Waals surface area contributed by atoms with Crippen molar-refractivity contribution in [1.29, 1.82) is 0 Å². The minimum Gasteiger partial charge on any atom is -0.493 e. The number of carbonyl (C=O) groups excluding carboxylic acids is 1. The maximum atomic E-state index is 12.1. The Morgan fingerprint density at radius 2 is 2.18 bits per heavy atom. The molecule has 0 saturated carbocycles. The van der Waals surface area contributed by atoms with Crippen LogP contribution in [0.3, 0.4) is 0 Å². The number of ether oxygens (including phenoxy) is 1. The lowest BCUT2D eigenvalue weighted by Gasteiger charge is -2.35. The van der Waals surface area contributed by atoms with Crippen LogP contribution >= 0.6 is 28.1 Å². The molecular formula is C16H19BrN2O2S. The van der Waals surface area contributed by atoms with E-state index in [0.717, 1.165) is 27.1 Å². The molecule has 0 radical (unpaired) electrons. The van der Waals surface area contributed by atoms with Gasteiger partial charge < -0.3 is 15.0 Å². The minimum atomic E-state index is -0.242. The van der Waals surface area contributed by atoms with Gasteiger partial charge in [0.05, 0.1) is 17.1 Å². The second kappa shape index (κ2) is 6.79. The van der Waals surface area contributed by atoms with Crippen LogP contribution in [0.1, 0.15) is 32.4 Å². The maximum absolute atomic E-state index is 12.1. The van der Waals surface area contributed by atoms with Gasteiger partial charge in [0, 0.05) is 18.3 Å². The van der Waals surface area contributed by atoms with Crippen molar-refractivity contribution in [2.75, 3.05) is 13.7 Å². The van der Waals surface area contributed by atoms with Crippen LogP contribution in [-0.2, 0) is 4.79 Å². The molecule has 1 aliphatic rings. The second-order valence-electron chi connectivity index (χ2n) is 5.12. The lowest BCUT2D eigenvalue weighted by molar-refractivity contribution is -0.114. The summed E-state index contributed by atoms with van der Waals surface area (Å²) in [5.74, 6) is 0.821. The standard InChI is InChI=1S/C16H19BrN2O2S/c1-5-21-13-7-6-11(8-12(13)17)15-14(10(3)20)9(2)19(4)16(22)18-15/h6-8,15H,5H2,1-4H3,(H,18,22). The number of hydrogen-bond acceptors (Lipinski definition) is 3. The van der Waals surface area contributed by atoms with E-state index >= 15 is 0 Å². The summed E-state index contributed by atoms with van der Waals surface area (Å²) in [6.07, 6.45) is 0. The number of carbonyl (C=O) groups is 1. The Kier molecular flexibility index (Phi) is 5.24. The smallest absolute Gasteiger partial charge is 0.173 e. The summed E-state index contributed by atoms with van der Waals surface area (Å²) >= 11 is 8.87. The maximum Gasteiger partial charge on any atom is 0.173 e. The van der Waals surface area contributed by atoms with Crippen LogP contribution < -0.4 is 10.1 Å². The molecule has 1 aliphatic heterocycles. The third-order valence-corrected chi connectivity index (χ3v) is 4.73. The van der Waals surface area contributed by atoms with Crippen molar-refractivity contribution < 1.29 is 9.53 Å². The van der Waals surface area contributed by atoms with E-state index < -0.39 is 0 Å². The fraction of sp³-hybridized carbons (Fsp3) is 0.375. The number of rotatable bonds is 4.